The third-order valence-electron chi connectivity index (χ3n) is 4.47. The van der Waals surface area contributed by atoms with Crippen LogP contribution in [0.1, 0.15) is 40.5 Å². The second-order valence-corrected chi connectivity index (χ2v) is 8.27. The second-order valence-electron chi connectivity index (χ2n) is 8.27. The number of benzene rings is 1. The number of hydrogen-bond donors (Lipinski definition) is 1. The fourth-order valence-electron chi connectivity index (χ4n) is 2.71. The van der Waals surface area contributed by atoms with Gasteiger partial charge in [-0.15, -0.1) is 18.3 Å². The summed E-state index contributed by atoms with van der Waals surface area (Å²) in [4.78, 5) is 16.9. The molecule has 32 heavy (non-hydrogen) atoms. The lowest BCUT2D eigenvalue weighted by molar-refractivity contribution is -0.274. The number of amides is 1. The Labute approximate surface area is 183 Å². The summed E-state index contributed by atoms with van der Waals surface area (Å²) in [6, 6.07) is 7.43. The Hall–Kier alpha value is -3.30. The molecule has 0 unspecified atom stereocenters. The Morgan fingerprint density at radius 3 is 2.56 bits per heavy atom. The molecule has 0 bridgehead atoms. The monoisotopic (exact) mass is 450 g/mol. The summed E-state index contributed by atoms with van der Waals surface area (Å²) in [6.45, 7) is 7.58. The predicted molar refractivity (Wildman–Crippen MR) is 114 cm³/mol. The molecule has 0 radical (unpaired) electrons. The lowest BCUT2D eigenvalue weighted by Crippen LogP contribution is -2.28. The van der Waals surface area contributed by atoms with Gasteiger partial charge in [0.25, 0.3) is 0 Å². The number of nitrogens with zero attached hydrogens (tertiary/aromatic N) is 3. The minimum Gasteiger partial charge on any atom is -0.477 e. The number of carbonyl (C=O) groups excluding carboxylic acids is 1. The Morgan fingerprint density at radius 2 is 1.91 bits per heavy atom. The molecular weight excluding hydrogens is 425 g/mol. The molecule has 0 saturated heterocycles. The van der Waals surface area contributed by atoms with Crippen LogP contribution in [0.4, 0.5) is 18.9 Å². The van der Waals surface area contributed by atoms with Crippen molar-refractivity contribution in [2.45, 2.75) is 46.9 Å². The van der Waals surface area contributed by atoms with E-state index >= 15 is 0 Å². The molecule has 0 aliphatic carbocycles. The first-order valence-electron chi connectivity index (χ1n) is 10.2. The molecule has 0 aliphatic heterocycles. The zero-order chi connectivity index (χ0) is 23.5. The summed E-state index contributed by atoms with van der Waals surface area (Å²) in [5.41, 5.74) is 0.579. The second kappa shape index (κ2) is 9.05. The molecule has 10 heteroatoms. The van der Waals surface area contributed by atoms with Crippen molar-refractivity contribution in [1.29, 1.82) is 0 Å². The first kappa shape index (κ1) is 23.4. The molecule has 3 aromatic rings. The van der Waals surface area contributed by atoms with Gasteiger partial charge in [0.05, 0.1) is 24.2 Å². The van der Waals surface area contributed by atoms with Gasteiger partial charge in [-0.1, -0.05) is 34.1 Å². The van der Waals surface area contributed by atoms with Crippen molar-refractivity contribution in [3.05, 3.63) is 36.5 Å². The minimum atomic E-state index is -4.90. The number of hydrogen-bond acceptors (Lipinski definition) is 5. The van der Waals surface area contributed by atoms with Crippen molar-refractivity contribution in [1.82, 2.24) is 14.6 Å². The summed E-state index contributed by atoms with van der Waals surface area (Å²) in [5.74, 6) is -0.512. The number of rotatable bonds is 7. The zero-order valence-corrected chi connectivity index (χ0v) is 18.3. The first-order chi connectivity index (χ1) is 15.0. The van der Waals surface area contributed by atoms with Crippen LogP contribution in [0.25, 0.3) is 16.9 Å². The van der Waals surface area contributed by atoms with E-state index in [4.69, 9.17) is 4.74 Å². The number of fused-ring (bicyclic) bond motifs is 1. The molecule has 0 spiro atoms. The highest BCUT2D eigenvalue weighted by Gasteiger charge is 2.33. The van der Waals surface area contributed by atoms with Crippen LogP contribution in [0.2, 0.25) is 0 Å². The summed E-state index contributed by atoms with van der Waals surface area (Å²) in [5, 5.41) is 6.87. The molecule has 0 atom stereocenters. The smallest absolute Gasteiger partial charge is 0.477 e. The molecule has 2 heterocycles. The van der Waals surface area contributed by atoms with Crippen LogP contribution in [0.15, 0.2) is 36.5 Å². The molecule has 1 amide bonds. The largest absolute Gasteiger partial charge is 0.573 e. The van der Waals surface area contributed by atoms with E-state index in [2.05, 4.69) is 27.1 Å². The number of aromatic nitrogens is 3. The van der Waals surface area contributed by atoms with Crippen LogP contribution in [0.3, 0.4) is 0 Å². The summed E-state index contributed by atoms with van der Waals surface area (Å²) < 4.78 is 49.7. The fourth-order valence-corrected chi connectivity index (χ4v) is 2.71. The van der Waals surface area contributed by atoms with E-state index in [1.807, 2.05) is 0 Å². The van der Waals surface area contributed by atoms with E-state index < -0.39 is 23.4 Å². The van der Waals surface area contributed by atoms with Crippen LogP contribution in [-0.2, 0) is 4.79 Å². The molecular formula is C22H25F3N4O3. The standard InChI is InChI=1S/C22H25F3N4O3/c1-5-6-11-31-19-10-9-18-26-16(13-29(18)28-19)14-7-8-17(32-22(23,24)25)15(12-14)27-20(30)21(2,3)4/h7-10,12-13H,5-6,11H2,1-4H3,(H,27,30). The number of carbonyl (C=O) groups is 1. The van der Waals surface area contributed by atoms with Crippen LogP contribution in [0.5, 0.6) is 11.6 Å². The average Bonchev–Trinajstić information content (AvgIpc) is 3.11. The SMILES string of the molecule is CCCCOc1ccc2nc(-c3ccc(OC(F)(F)F)c(NC(=O)C(C)(C)C)c3)cn2n1. The number of imidazole rings is 1. The van der Waals surface area contributed by atoms with Gasteiger partial charge in [0, 0.05) is 17.0 Å². The molecule has 7 nitrogen and oxygen atoms in total. The molecule has 0 saturated carbocycles. The van der Waals surface area contributed by atoms with Crippen molar-refractivity contribution < 1.29 is 27.4 Å². The van der Waals surface area contributed by atoms with E-state index in [9.17, 15) is 18.0 Å². The van der Waals surface area contributed by atoms with Gasteiger partial charge in [-0.3, -0.25) is 4.79 Å². The summed E-state index contributed by atoms with van der Waals surface area (Å²) in [7, 11) is 0. The highest BCUT2D eigenvalue weighted by molar-refractivity contribution is 5.96. The molecule has 1 aromatic carbocycles. The highest BCUT2D eigenvalue weighted by atomic mass is 19.4. The number of alkyl halides is 3. The van der Waals surface area contributed by atoms with Crippen LogP contribution < -0.4 is 14.8 Å². The first-order valence-corrected chi connectivity index (χ1v) is 10.2. The fraction of sp³-hybridized carbons (Fsp3) is 0.409. The Kier molecular flexibility index (Phi) is 6.61. The van der Waals surface area contributed by atoms with E-state index in [1.54, 1.807) is 39.1 Å². The molecule has 0 fully saturated rings. The lowest BCUT2D eigenvalue weighted by Gasteiger charge is -2.20. The van der Waals surface area contributed by atoms with Gasteiger partial charge in [-0.05, 0) is 30.7 Å². The maximum absolute atomic E-state index is 12.8. The van der Waals surface area contributed by atoms with Gasteiger partial charge >= 0.3 is 6.36 Å². The van der Waals surface area contributed by atoms with Crippen LogP contribution in [-0.4, -0.2) is 33.5 Å². The van der Waals surface area contributed by atoms with Crippen molar-refractivity contribution >= 4 is 17.2 Å². The number of anilines is 1. The Balaban J connectivity index is 1.95. The van der Waals surface area contributed by atoms with Crippen molar-refractivity contribution in [2.75, 3.05) is 11.9 Å². The van der Waals surface area contributed by atoms with Gasteiger partial charge < -0.3 is 14.8 Å². The lowest BCUT2D eigenvalue weighted by atomic mass is 9.95. The topological polar surface area (TPSA) is 77.8 Å². The highest BCUT2D eigenvalue weighted by Crippen LogP contribution is 2.35. The van der Waals surface area contributed by atoms with Crippen molar-refractivity contribution in [3.8, 4) is 22.9 Å². The maximum Gasteiger partial charge on any atom is 0.573 e. The molecule has 2 aromatic heterocycles. The zero-order valence-electron chi connectivity index (χ0n) is 18.3. The normalized spacial score (nSPS) is 12.1. The van der Waals surface area contributed by atoms with Gasteiger partial charge in [0.15, 0.2) is 11.4 Å². The summed E-state index contributed by atoms with van der Waals surface area (Å²) >= 11 is 0. The number of ether oxygens (including phenoxy) is 2. The average molecular weight is 450 g/mol. The van der Waals surface area contributed by atoms with E-state index in [1.165, 1.54) is 16.6 Å². The van der Waals surface area contributed by atoms with Crippen molar-refractivity contribution in [3.63, 3.8) is 0 Å². The summed E-state index contributed by atoms with van der Waals surface area (Å²) in [6.07, 6.45) is -1.36. The van der Waals surface area contributed by atoms with Gasteiger partial charge in [0.1, 0.15) is 0 Å². The van der Waals surface area contributed by atoms with E-state index in [0.717, 1.165) is 18.9 Å². The molecule has 172 valence electrons. The predicted octanol–water partition coefficient (Wildman–Crippen LogP) is 5.46. The number of halogens is 3. The Morgan fingerprint density at radius 1 is 1.16 bits per heavy atom. The van der Waals surface area contributed by atoms with E-state index in [0.29, 0.717) is 29.4 Å². The number of nitrogens with one attached hydrogen (secondary N) is 1. The molecule has 3 rings (SSSR count). The van der Waals surface area contributed by atoms with Crippen LogP contribution >= 0.6 is 0 Å². The van der Waals surface area contributed by atoms with Crippen molar-refractivity contribution in [2.24, 2.45) is 5.41 Å². The third-order valence-corrected chi connectivity index (χ3v) is 4.47. The van der Waals surface area contributed by atoms with E-state index in [-0.39, 0.29) is 5.69 Å². The minimum absolute atomic E-state index is 0.103. The third kappa shape index (κ3) is 5.89. The quantitative estimate of drug-likeness (QED) is 0.484. The Bertz CT molecular complexity index is 1100. The maximum atomic E-state index is 12.8. The van der Waals surface area contributed by atoms with Crippen LogP contribution in [0, 0.1) is 5.41 Å². The molecule has 1 N–H and O–H groups in total. The van der Waals surface area contributed by atoms with Gasteiger partial charge in [0.2, 0.25) is 11.8 Å². The molecule has 0 aliphatic rings. The number of unbranched alkanes of at least 4 members (excludes halogenated alkanes) is 1. The van der Waals surface area contributed by atoms with Gasteiger partial charge in [-0.25, -0.2) is 9.50 Å². The van der Waals surface area contributed by atoms with Gasteiger partial charge in [-0.2, -0.15) is 0 Å².